The molecule has 1 nitrogen and oxygen atoms in total. The van der Waals surface area contributed by atoms with Gasteiger partial charge in [0.25, 0.3) is 0 Å². The van der Waals surface area contributed by atoms with E-state index in [0.717, 1.165) is 0 Å². The van der Waals surface area contributed by atoms with Crippen LogP contribution in [0.15, 0.2) is 17.5 Å². The first-order valence-electron chi connectivity index (χ1n) is 6.79. The Hall–Kier alpha value is 0.300. The molecule has 2 saturated heterocycles. The van der Waals surface area contributed by atoms with Gasteiger partial charge in [0.1, 0.15) is 0 Å². The van der Waals surface area contributed by atoms with Gasteiger partial charge < -0.3 is 0 Å². The van der Waals surface area contributed by atoms with E-state index in [-0.39, 0.29) is 12.4 Å². The van der Waals surface area contributed by atoms with Crippen LogP contribution in [-0.2, 0) is 5.54 Å². The van der Waals surface area contributed by atoms with Crippen molar-refractivity contribution in [1.29, 1.82) is 0 Å². The summed E-state index contributed by atoms with van der Waals surface area (Å²) >= 11 is 4.11. The van der Waals surface area contributed by atoms with Crippen LogP contribution in [0, 0.1) is 0 Å². The van der Waals surface area contributed by atoms with Crippen molar-refractivity contribution >= 4 is 35.5 Å². The molecular weight excluding hydrogens is 282 g/mol. The molecule has 102 valence electrons. The minimum absolute atomic E-state index is 0. The van der Waals surface area contributed by atoms with Crippen LogP contribution in [0.25, 0.3) is 0 Å². The number of nitrogens with zero attached hydrogens (tertiary/aromatic N) is 1. The number of hydrogen-bond acceptors (Lipinski definition) is 3. The summed E-state index contributed by atoms with van der Waals surface area (Å²) in [5.74, 6) is 2.68. The lowest BCUT2D eigenvalue weighted by Crippen LogP contribution is -2.50. The fourth-order valence-electron chi connectivity index (χ4n) is 3.29. The fourth-order valence-corrected chi connectivity index (χ4v) is 5.47. The minimum Gasteiger partial charge on any atom is -0.293 e. The number of likely N-dealkylation sites (tertiary alicyclic amines) is 1. The molecule has 3 heterocycles. The fraction of sp³-hybridized carbons (Fsp3) is 0.714. The zero-order chi connectivity index (χ0) is 11.6. The van der Waals surface area contributed by atoms with Gasteiger partial charge >= 0.3 is 0 Å². The lowest BCUT2D eigenvalue weighted by molar-refractivity contribution is 0.0582. The number of rotatable bonds is 2. The Labute approximate surface area is 125 Å². The molecular formula is C14H22ClNS2. The molecule has 0 aliphatic carbocycles. The van der Waals surface area contributed by atoms with Crippen molar-refractivity contribution in [2.75, 3.05) is 24.6 Å². The molecule has 2 aliphatic heterocycles. The van der Waals surface area contributed by atoms with Crippen LogP contribution in [-0.4, -0.2) is 29.5 Å². The van der Waals surface area contributed by atoms with Crippen molar-refractivity contribution in [3.63, 3.8) is 0 Å². The van der Waals surface area contributed by atoms with Crippen LogP contribution < -0.4 is 0 Å². The zero-order valence-electron chi connectivity index (χ0n) is 10.8. The van der Waals surface area contributed by atoms with Crippen LogP contribution in [0.4, 0.5) is 0 Å². The minimum atomic E-state index is 0. The predicted octanol–water partition coefficient (Wildman–Crippen LogP) is 4.38. The van der Waals surface area contributed by atoms with Crippen LogP contribution in [0.5, 0.6) is 0 Å². The van der Waals surface area contributed by atoms with Crippen molar-refractivity contribution in [2.45, 2.75) is 37.6 Å². The Morgan fingerprint density at radius 1 is 1.06 bits per heavy atom. The summed E-state index contributed by atoms with van der Waals surface area (Å²) in [6.45, 7) is 2.64. The topological polar surface area (TPSA) is 3.24 Å². The largest absolute Gasteiger partial charge is 0.293 e. The molecule has 0 amide bonds. The van der Waals surface area contributed by atoms with Crippen molar-refractivity contribution in [3.05, 3.63) is 22.4 Å². The van der Waals surface area contributed by atoms with Gasteiger partial charge in [-0.25, -0.2) is 0 Å². The van der Waals surface area contributed by atoms with Crippen LogP contribution in [0.2, 0.25) is 0 Å². The normalized spacial score (nSPS) is 24.4. The van der Waals surface area contributed by atoms with Gasteiger partial charge in [0.05, 0.1) is 5.54 Å². The maximum absolute atomic E-state index is 2.81. The van der Waals surface area contributed by atoms with Crippen molar-refractivity contribution in [1.82, 2.24) is 4.90 Å². The van der Waals surface area contributed by atoms with E-state index in [0.29, 0.717) is 5.54 Å². The molecule has 0 atom stereocenters. The molecule has 0 bridgehead atoms. The molecule has 0 unspecified atom stereocenters. The summed E-state index contributed by atoms with van der Waals surface area (Å²) in [5, 5.41) is 2.25. The number of halogens is 1. The number of thiophene rings is 1. The average Bonchev–Trinajstić information content (AvgIpc) is 2.95. The molecule has 2 aliphatic rings. The second-order valence-electron chi connectivity index (χ2n) is 5.17. The van der Waals surface area contributed by atoms with Gasteiger partial charge in [-0.2, -0.15) is 11.8 Å². The molecule has 0 radical (unpaired) electrons. The summed E-state index contributed by atoms with van der Waals surface area (Å²) < 4.78 is 0. The number of hydrogen-bond donors (Lipinski definition) is 0. The summed E-state index contributed by atoms with van der Waals surface area (Å²) in [7, 11) is 0. The van der Waals surface area contributed by atoms with Crippen molar-refractivity contribution < 1.29 is 0 Å². The molecule has 0 spiro atoms. The molecule has 3 rings (SSSR count). The smallest absolute Gasteiger partial charge is 0.0569 e. The predicted molar refractivity (Wildman–Crippen MR) is 85.2 cm³/mol. The highest BCUT2D eigenvalue weighted by molar-refractivity contribution is 7.99. The SMILES string of the molecule is Cl.c1csc(C2(N3CCCCC3)CCSCC2)c1. The van der Waals surface area contributed by atoms with Gasteiger partial charge in [0.2, 0.25) is 0 Å². The summed E-state index contributed by atoms with van der Waals surface area (Å²) in [6, 6.07) is 4.60. The molecule has 0 aromatic carbocycles. The Bertz CT molecular complexity index is 341. The van der Waals surface area contributed by atoms with Crippen molar-refractivity contribution in [3.8, 4) is 0 Å². The van der Waals surface area contributed by atoms with Gasteiger partial charge in [-0.1, -0.05) is 12.5 Å². The van der Waals surface area contributed by atoms with Crippen molar-refractivity contribution in [2.24, 2.45) is 0 Å². The third kappa shape index (κ3) is 2.74. The monoisotopic (exact) mass is 303 g/mol. The molecule has 4 heteroatoms. The first-order valence-corrected chi connectivity index (χ1v) is 8.82. The standard InChI is InChI=1S/C14H21NS2.ClH/c1-2-8-15(9-3-1)14(6-11-16-12-7-14)13-5-4-10-17-13;/h4-5,10H,1-3,6-9,11-12H2;1H. The van der Waals surface area contributed by atoms with E-state index in [1.54, 1.807) is 4.88 Å². The molecule has 2 fully saturated rings. The molecule has 0 saturated carbocycles. The second-order valence-corrected chi connectivity index (χ2v) is 7.34. The van der Waals surface area contributed by atoms with Gasteiger partial charge in [-0.3, -0.25) is 4.90 Å². The van der Waals surface area contributed by atoms with Gasteiger partial charge in [-0.05, 0) is 61.7 Å². The molecule has 0 N–H and O–H groups in total. The van der Waals surface area contributed by atoms with Crippen LogP contribution >= 0.6 is 35.5 Å². The quantitative estimate of drug-likeness (QED) is 0.798. The van der Waals surface area contributed by atoms with E-state index in [9.17, 15) is 0 Å². The molecule has 1 aromatic heterocycles. The second kappa shape index (κ2) is 6.65. The maximum Gasteiger partial charge on any atom is 0.0569 e. The maximum atomic E-state index is 2.81. The Morgan fingerprint density at radius 3 is 2.39 bits per heavy atom. The Kier molecular flexibility index (Phi) is 5.43. The highest BCUT2D eigenvalue weighted by atomic mass is 35.5. The lowest BCUT2D eigenvalue weighted by Gasteiger charge is -2.47. The van der Waals surface area contributed by atoms with Gasteiger partial charge in [0.15, 0.2) is 0 Å². The zero-order valence-corrected chi connectivity index (χ0v) is 13.2. The van der Waals surface area contributed by atoms with Gasteiger partial charge in [-0.15, -0.1) is 23.7 Å². The van der Waals surface area contributed by atoms with E-state index >= 15 is 0 Å². The highest BCUT2D eigenvalue weighted by Crippen LogP contribution is 2.44. The summed E-state index contributed by atoms with van der Waals surface area (Å²) in [4.78, 5) is 4.43. The van der Waals surface area contributed by atoms with E-state index < -0.39 is 0 Å². The van der Waals surface area contributed by atoms with Crippen LogP contribution in [0.3, 0.4) is 0 Å². The summed E-state index contributed by atoms with van der Waals surface area (Å²) in [5.41, 5.74) is 0.403. The number of thioether (sulfide) groups is 1. The lowest BCUT2D eigenvalue weighted by atomic mass is 9.86. The Morgan fingerprint density at radius 2 is 1.78 bits per heavy atom. The van der Waals surface area contributed by atoms with Gasteiger partial charge in [0, 0.05) is 4.88 Å². The van der Waals surface area contributed by atoms with E-state index in [1.807, 2.05) is 11.3 Å². The first kappa shape index (κ1) is 14.7. The Balaban J connectivity index is 0.00000120. The van der Waals surface area contributed by atoms with E-state index in [2.05, 4.69) is 34.2 Å². The highest BCUT2D eigenvalue weighted by Gasteiger charge is 2.40. The summed E-state index contributed by atoms with van der Waals surface area (Å²) in [6.07, 6.45) is 6.96. The van der Waals surface area contributed by atoms with E-state index in [4.69, 9.17) is 0 Å². The third-order valence-corrected chi connectivity index (χ3v) is 6.31. The molecule has 1 aromatic rings. The number of piperidine rings is 1. The molecule has 18 heavy (non-hydrogen) atoms. The van der Waals surface area contributed by atoms with Crippen LogP contribution in [0.1, 0.15) is 37.0 Å². The average molecular weight is 304 g/mol. The first-order chi connectivity index (χ1) is 8.42. The third-order valence-electron chi connectivity index (χ3n) is 4.26. The van der Waals surface area contributed by atoms with E-state index in [1.165, 1.54) is 56.7 Å².